The zero-order valence-electron chi connectivity index (χ0n) is 12.4. The molecule has 3 unspecified atom stereocenters. The minimum absolute atomic E-state index is 0.0963. The average molecular weight is 264 g/mol. The van der Waals surface area contributed by atoms with Crippen molar-refractivity contribution in [3.63, 3.8) is 0 Å². The second kappa shape index (κ2) is 5.91. The molecule has 0 aliphatic carbocycles. The lowest BCUT2D eigenvalue weighted by Gasteiger charge is -2.44. The van der Waals surface area contributed by atoms with E-state index in [1.807, 2.05) is 19.1 Å². The van der Waals surface area contributed by atoms with Gasteiger partial charge in [0, 0.05) is 18.6 Å². The summed E-state index contributed by atoms with van der Waals surface area (Å²) >= 11 is 0. The summed E-state index contributed by atoms with van der Waals surface area (Å²) in [5.41, 5.74) is 1.73. The summed E-state index contributed by atoms with van der Waals surface area (Å²) in [6, 6.07) is 6.44. The zero-order chi connectivity index (χ0) is 14.0. The van der Waals surface area contributed by atoms with Crippen molar-refractivity contribution in [3.05, 3.63) is 29.6 Å². The lowest BCUT2D eigenvalue weighted by atomic mass is 9.86. The van der Waals surface area contributed by atoms with Crippen LogP contribution in [0.2, 0.25) is 0 Å². The molecule has 1 aliphatic heterocycles. The van der Waals surface area contributed by atoms with Crippen LogP contribution in [0.4, 0.5) is 10.1 Å². The number of benzene rings is 1. The number of aryl methyl sites for hydroxylation is 1. The number of halogens is 1. The molecule has 19 heavy (non-hydrogen) atoms. The summed E-state index contributed by atoms with van der Waals surface area (Å²) in [5.74, 6) is 0.426. The molecule has 1 aliphatic rings. The normalized spacial score (nSPS) is 27.6. The van der Waals surface area contributed by atoms with E-state index in [9.17, 15) is 4.39 Å². The van der Waals surface area contributed by atoms with E-state index in [0.29, 0.717) is 18.0 Å². The third-order valence-corrected chi connectivity index (χ3v) is 4.45. The molecule has 0 amide bonds. The van der Waals surface area contributed by atoms with Crippen LogP contribution in [0, 0.1) is 18.7 Å². The maximum atomic E-state index is 14.1. The number of rotatable bonds is 3. The first kappa shape index (κ1) is 14.3. The molecule has 2 nitrogen and oxygen atoms in total. The van der Waals surface area contributed by atoms with E-state index in [4.69, 9.17) is 0 Å². The Morgan fingerprint density at radius 1 is 1.37 bits per heavy atom. The van der Waals surface area contributed by atoms with Crippen molar-refractivity contribution in [1.29, 1.82) is 0 Å². The molecule has 0 bridgehead atoms. The molecule has 0 saturated carbocycles. The number of nitrogens with one attached hydrogen (secondary N) is 1. The zero-order valence-corrected chi connectivity index (χ0v) is 12.4. The van der Waals surface area contributed by atoms with Crippen LogP contribution in [-0.2, 0) is 0 Å². The molecule has 1 aromatic carbocycles. The number of hydrogen-bond donors (Lipinski definition) is 1. The van der Waals surface area contributed by atoms with Gasteiger partial charge in [0.05, 0.1) is 5.69 Å². The van der Waals surface area contributed by atoms with Gasteiger partial charge in [0.15, 0.2) is 0 Å². The van der Waals surface area contributed by atoms with Crippen LogP contribution in [0.3, 0.4) is 0 Å². The lowest BCUT2D eigenvalue weighted by molar-refractivity contribution is 0.273. The molecule has 1 N–H and O–H groups in total. The van der Waals surface area contributed by atoms with Gasteiger partial charge in [-0.25, -0.2) is 4.39 Å². The van der Waals surface area contributed by atoms with Gasteiger partial charge in [-0.15, -0.1) is 0 Å². The van der Waals surface area contributed by atoms with E-state index in [1.54, 1.807) is 6.07 Å². The van der Waals surface area contributed by atoms with E-state index < -0.39 is 0 Å². The van der Waals surface area contributed by atoms with E-state index in [1.165, 1.54) is 0 Å². The minimum Gasteiger partial charge on any atom is -0.366 e. The van der Waals surface area contributed by atoms with Gasteiger partial charge in [-0.1, -0.05) is 19.9 Å². The number of nitrogens with zero attached hydrogens (tertiary/aromatic N) is 1. The number of piperidine rings is 1. The summed E-state index contributed by atoms with van der Waals surface area (Å²) in [6.07, 6.45) is 1.08. The van der Waals surface area contributed by atoms with Crippen LogP contribution in [0.5, 0.6) is 0 Å². The molecule has 0 aromatic heterocycles. The van der Waals surface area contributed by atoms with Gasteiger partial charge in [-0.3, -0.25) is 0 Å². The van der Waals surface area contributed by atoms with Crippen molar-refractivity contribution in [1.82, 2.24) is 5.32 Å². The topological polar surface area (TPSA) is 15.3 Å². The van der Waals surface area contributed by atoms with Crippen LogP contribution in [-0.4, -0.2) is 25.2 Å². The Morgan fingerprint density at radius 3 is 2.74 bits per heavy atom. The first-order valence-electron chi connectivity index (χ1n) is 7.30. The molecular formula is C16H25FN2. The fourth-order valence-corrected chi connectivity index (χ4v) is 3.10. The second-order valence-corrected chi connectivity index (χ2v) is 5.70. The summed E-state index contributed by atoms with van der Waals surface area (Å²) in [7, 11) is 0. The third kappa shape index (κ3) is 2.92. The molecule has 1 heterocycles. The van der Waals surface area contributed by atoms with Crippen molar-refractivity contribution < 1.29 is 4.39 Å². The van der Waals surface area contributed by atoms with E-state index in [-0.39, 0.29) is 5.82 Å². The molecule has 1 aromatic rings. The highest BCUT2D eigenvalue weighted by Crippen LogP contribution is 2.30. The highest BCUT2D eigenvalue weighted by molar-refractivity contribution is 5.50. The molecule has 3 atom stereocenters. The fourth-order valence-electron chi connectivity index (χ4n) is 3.10. The summed E-state index contributed by atoms with van der Waals surface area (Å²) in [5, 5.41) is 3.54. The van der Waals surface area contributed by atoms with Gasteiger partial charge in [0.1, 0.15) is 5.82 Å². The summed E-state index contributed by atoms with van der Waals surface area (Å²) in [6.45, 7) is 10.5. The quantitative estimate of drug-likeness (QED) is 0.900. The highest BCUT2D eigenvalue weighted by Gasteiger charge is 2.32. The van der Waals surface area contributed by atoms with Crippen molar-refractivity contribution in [2.24, 2.45) is 5.92 Å². The molecule has 0 spiro atoms. The Hall–Kier alpha value is -1.09. The molecule has 1 saturated heterocycles. The predicted molar refractivity (Wildman–Crippen MR) is 79.2 cm³/mol. The van der Waals surface area contributed by atoms with Gasteiger partial charge < -0.3 is 10.2 Å². The van der Waals surface area contributed by atoms with Crippen molar-refractivity contribution in [2.45, 2.75) is 46.2 Å². The third-order valence-electron chi connectivity index (χ3n) is 4.45. The first-order chi connectivity index (χ1) is 9.04. The van der Waals surface area contributed by atoms with Crippen LogP contribution < -0.4 is 10.2 Å². The Kier molecular flexibility index (Phi) is 4.46. The smallest absolute Gasteiger partial charge is 0.146 e. The van der Waals surface area contributed by atoms with Gasteiger partial charge >= 0.3 is 0 Å². The van der Waals surface area contributed by atoms with Gasteiger partial charge in [-0.05, 0) is 50.4 Å². The maximum absolute atomic E-state index is 14.1. The first-order valence-corrected chi connectivity index (χ1v) is 7.30. The Labute approximate surface area is 116 Å². The van der Waals surface area contributed by atoms with E-state index in [2.05, 4.69) is 31.0 Å². The number of anilines is 1. The largest absolute Gasteiger partial charge is 0.366 e. The molecule has 2 rings (SSSR count). The van der Waals surface area contributed by atoms with Crippen molar-refractivity contribution >= 4 is 5.69 Å². The highest BCUT2D eigenvalue weighted by atomic mass is 19.1. The minimum atomic E-state index is -0.0963. The standard InChI is InChI=1S/C16H25FN2/c1-5-18-15-8-9-19(13(4)12(15)3)16-7-6-11(2)10-14(16)17/h6-7,10,12-13,15,18H,5,8-9H2,1-4H3. The van der Waals surface area contributed by atoms with E-state index >= 15 is 0 Å². The average Bonchev–Trinajstić information content (AvgIpc) is 2.37. The monoisotopic (exact) mass is 264 g/mol. The maximum Gasteiger partial charge on any atom is 0.146 e. The second-order valence-electron chi connectivity index (χ2n) is 5.70. The van der Waals surface area contributed by atoms with Gasteiger partial charge in [-0.2, -0.15) is 0 Å². The Balaban J connectivity index is 2.18. The molecule has 106 valence electrons. The molecule has 1 fully saturated rings. The van der Waals surface area contributed by atoms with Crippen LogP contribution in [0.25, 0.3) is 0 Å². The molecule has 0 radical (unpaired) electrons. The molecule has 3 heteroatoms. The van der Waals surface area contributed by atoms with Crippen LogP contribution in [0.1, 0.15) is 32.8 Å². The Morgan fingerprint density at radius 2 is 2.11 bits per heavy atom. The molecular weight excluding hydrogens is 239 g/mol. The van der Waals surface area contributed by atoms with Gasteiger partial charge in [0.25, 0.3) is 0 Å². The summed E-state index contributed by atoms with van der Waals surface area (Å²) < 4.78 is 14.1. The van der Waals surface area contributed by atoms with Crippen molar-refractivity contribution in [3.8, 4) is 0 Å². The fraction of sp³-hybridized carbons (Fsp3) is 0.625. The summed E-state index contributed by atoms with van der Waals surface area (Å²) in [4.78, 5) is 2.22. The Bertz CT molecular complexity index is 433. The van der Waals surface area contributed by atoms with E-state index in [0.717, 1.165) is 30.8 Å². The SMILES string of the molecule is CCNC1CCN(c2ccc(C)cc2F)C(C)C1C. The van der Waals surface area contributed by atoms with Crippen molar-refractivity contribution in [2.75, 3.05) is 18.0 Å². The number of hydrogen-bond acceptors (Lipinski definition) is 2. The predicted octanol–water partition coefficient (Wildman–Crippen LogP) is 3.35. The van der Waals surface area contributed by atoms with Crippen LogP contribution in [0.15, 0.2) is 18.2 Å². The van der Waals surface area contributed by atoms with Gasteiger partial charge in [0.2, 0.25) is 0 Å². The van der Waals surface area contributed by atoms with Crippen LogP contribution >= 0.6 is 0 Å². The lowest BCUT2D eigenvalue weighted by Crippen LogP contribution is -2.53.